The van der Waals surface area contributed by atoms with Crippen LogP contribution in [-0.2, 0) is 9.59 Å². The number of amides is 3. The van der Waals surface area contributed by atoms with Crippen molar-refractivity contribution in [3.05, 3.63) is 56.9 Å². The maximum Gasteiger partial charge on any atom is 0.281 e. The highest BCUT2D eigenvalue weighted by Gasteiger charge is 2.18. The van der Waals surface area contributed by atoms with E-state index in [2.05, 4.69) is 16.2 Å². The summed E-state index contributed by atoms with van der Waals surface area (Å²) in [6.07, 6.45) is -0.166. The first-order valence-corrected chi connectivity index (χ1v) is 10.8. The molecule has 3 rings (SSSR count). The number of nitrogens with one attached hydrogen (secondary N) is 3. The molecular formula is C21H19Cl2N3O4S. The third kappa shape index (κ3) is 5.46. The van der Waals surface area contributed by atoms with E-state index in [1.165, 1.54) is 11.3 Å². The molecule has 31 heavy (non-hydrogen) atoms. The minimum absolute atomic E-state index is 0.0584. The molecule has 3 amide bonds. The molecule has 1 aromatic heterocycles. The van der Waals surface area contributed by atoms with Crippen LogP contribution in [0.1, 0.15) is 28.1 Å². The van der Waals surface area contributed by atoms with Crippen LogP contribution in [0.2, 0.25) is 10.0 Å². The largest absolute Gasteiger partial charge is 0.497 e. The Balaban J connectivity index is 1.52. The molecule has 0 atom stereocenters. The second kappa shape index (κ2) is 10.00. The first-order chi connectivity index (χ1) is 14.8. The van der Waals surface area contributed by atoms with Crippen LogP contribution in [0.5, 0.6) is 5.75 Å². The molecule has 0 fully saturated rings. The summed E-state index contributed by atoms with van der Waals surface area (Å²) in [6.45, 7) is 1.79. The van der Waals surface area contributed by atoms with Crippen LogP contribution in [0.15, 0.2) is 36.4 Å². The van der Waals surface area contributed by atoms with Crippen molar-refractivity contribution >= 4 is 68.0 Å². The number of hydrogen-bond donors (Lipinski definition) is 3. The van der Waals surface area contributed by atoms with Gasteiger partial charge in [-0.05, 0) is 42.8 Å². The highest BCUT2D eigenvalue weighted by molar-refractivity contribution is 7.21. The predicted octanol–water partition coefficient (Wildman–Crippen LogP) is 4.71. The zero-order valence-corrected chi connectivity index (χ0v) is 19.0. The van der Waals surface area contributed by atoms with Gasteiger partial charge in [0, 0.05) is 33.6 Å². The van der Waals surface area contributed by atoms with Gasteiger partial charge in [0.1, 0.15) is 10.6 Å². The Morgan fingerprint density at radius 2 is 1.77 bits per heavy atom. The van der Waals surface area contributed by atoms with E-state index in [0.29, 0.717) is 21.5 Å². The van der Waals surface area contributed by atoms with Crippen LogP contribution in [0.4, 0.5) is 5.69 Å². The van der Waals surface area contributed by atoms with Gasteiger partial charge in [-0.25, -0.2) is 0 Å². The van der Waals surface area contributed by atoms with Gasteiger partial charge in [-0.2, -0.15) is 0 Å². The van der Waals surface area contributed by atoms with Crippen molar-refractivity contribution in [2.45, 2.75) is 19.8 Å². The van der Waals surface area contributed by atoms with E-state index < -0.39 is 11.8 Å². The number of anilines is 1. The van der Waals surface area contributed by atoms with Crippen molar-refractivity contribution in [2.24, 2.45) is 0 Å². The standard InChI is InChI=1S/C21H19Cl2N3O4S/c1-11-14(22)4-3-5-15(11)24-17(27)8-9-18(28)25-26-21(29)20-19(23)13-7-6-12(30-2)10-16(13)31-20/h3-7,10H,8-9H2,1-2H3,(H,24,27)(H,25,28)(H,26,29). The Hall–Kier alpha value is -2.81. The predicted molar refractivity (Wildman–Crippen MR) is 123 cm³/mol. The Labute approximate surface area is 192 Å². The summed E-state index contributed by atoms with van der Waals surface area (Å²) in [4.78, 5) is 36.8. The third-order valence-corrected chi connectivity index (χ3v) is 6.54. The lowest BCUT2D eigenvalue weighted by Crippen LogP contribution is -2.41. The summed E-state index contributed by atoms with van der Waals surface area (Å²) in [5.74, 6) is -0.743. The zero-order valence-electron chi connectivity index (χ0n) is 16.7. The van der Waals surface area contributed by atoms with Crippen molar-refractivity contribution in [2.75, 3.05) is 12.4 Å². The molecular weight excluding hydrogens is 461 g/mol. The number of hydrazine groups is 1. The molecule has 0 saturated heterocycles. The number of halogens is 2. The number of methoxy groups -OCH3 is 1. The van der Waals surface area contributed by atoms with Crippen molar-refractivity contribution in [3.63, 3.8) is 0 Å². The second-order valence-electron chi connectivity index (χ2n) is 6.57. The fourth-order valence-electron chi connectivity index (χ4n) is 2.75. The number of thiophene rings is 1. The van der Waals surface area contributed by atoms with Gasteiger partial charge < -0.3 is 10.1 Å². The summed E-state index contributed by atoms with van der Waals surface area (Å²) in [5.41, 5.74) is 5.95. The minimum Gasteiger partial charge on any atom is -0.497 e. The maximum absolute atomic E-state index is 12.4. The van der Waals surface area contributed by atoms with Gasteiger partial charge in [-0.1, -0.05) is 29.3 Å². The molecule has 0 aliphatic carbocycles. The number of fused-ring (bicyclic) bond motifs is 1. The zero-order chi connectivity index (χ0) is 22.5. The monoisotopic (exact) mass is 479 g/mol. The molecule has 1 heterocycles. The van der Waals surface area contributed by atoms with Gasteiger partial charge in [-0.3, -0.25) is 25.2 Å². The van der Waals surface area contributed by atoms with E-state index in [1.54, 1.807) is 50.4 Å². The quantitative estimate of drug-likeness (QED) is 0.446. The number of carbonyl (C=O) groups excluding carboxylic acids is 3. The number of benzene rings is 2. The van der Waals surface area contributed by atoms with Crippen LogP contribution in [0, 0.1) is 6.92 Å². The van der Waals surface area contributed by atoms with Crippen molar-refractivity contribution in [1.29, 1.82) is 0 Å². The average Bonchev–Trinajstić information content (AvgIpc) is 3.09. The first-order valence-electron chi connectivity index (χ1n) is 9.20. The molecule has 0 radical (unpaired) electrons. The molecule has 0 aliphatic heterocycles. The smallest absolute Gasteiger partial charge is 0.281 e. The number of rotatable bonds is 6. The Bertz CT molecular complexity index is 1160. The molecule has 2 aromatic carbocycles. The van der Waals surface area contributed by atoms with Gasteiger partial charge in [0.25, 0.3) is 5.91 Å². The summed E-state index contributed by atoms with van der Waals surface area (Å²) in [7, 11) is 1.55. The average molecular weight is 480 g/mol. The van der Waals surface area contributed by atoms with Gasteiger partial charge in [0.05, 0.1) is 12.1 Å². The number of ether oxygens (including phenoxy) is 1. The molecule has 3 N–H and O–H groups in total. The fraction of sp³-hybridized carbons (Fsp3) is 0.190. The van der Waals surface area contributed by atoms with Crippen molar-refractivity contribution in [1.82, 2.24) is 10.9 Å². The maximum atomic E-state index is 12.4. The lowest BCUT2D eigenvalue weighted by Gasteiger charge is -2.10. The van der Waals surface area contributed by atoms with Crippen molar-refractivity contribution in [3.8, 4) is 5.75 Å². The van der Waals surface area contributed by atoms with E-state index in [1.807, 2.05) is 0 Å². The lowest BCUT2D eigenvalue weighted by atomic mass is 10.2. The van der Waals surface area contributed by atoms with Gasteiger partial charge in [-0.15, -0.1) is 11.3 Å². The molecule has 162 valence electrons. The summed E-state index contributed by atoms with van der Waals surface area (Å²) in [6, 6.07) is 10.5. The lowest BCUT2D eigenvalue weighted by molar-refractivity contribution is -0.124. The topological polar surface area (TPSA) is 96.5 Å². The Kier molecular flexibility index (Phi) is 7.37. The number of carbonyl (C=O) groups is 3. The molecule has 0 saturated carbocycles. The normalized spacial score (nSPS) is 10.6. The van der Waals surface area contributed by atoms with E-state index in [9.17, 15) is 14.4 Å². The molecule has 0 spiro atoms. The van der Waals surface area contributed by atoms with Crippen LogP contribution in [-0.4, -0.2) is 24.8 Å². The van der Waals surface area contributed by atoms with Gasteiger partial charge >= 0.3 is 0 Å². The summed E-state index contributed by atoms with van der Waals surface area (Å²) in [5, 5.41) is 4.27. The van der Waals surface area contributed by atoms with Gasteiger partial charge in [0.15, 0.2) is 0 Å². The SMILES string of the molecule is COc1ccc2c(Cl)c(C(=O)NNC(=O)CCC(=O)Nc3cccc(Cl)c3C)sc2c1. The summed E-state index contributed by atoms with van der Waals surface area (Å²) < 4.78 is 5.96. The molecule has 3 aromatic rings. The highest BCUT2D eigenvalue weighted by atomic mass is 35.5. The van der Waals surface area contributed by atoms with E-state index in [-0.39, 0.29) is 23.6 Å². The molecule has 0 aliphatic rings. The highest BCUT2D eigenvalue weighted by Crippen LogP contribution is 2.37. The van der Waals surface area contributed by atoms with Crippen LogP contribution < -0.4 is 20.9 Å². The Morgan fingerprint density at radius 1 is 1.03 bits per heavy atom. The van der Waals surface area contributed by atoms with Crippen molar-refractivity contribution < 1.29 is 19.1 Å². The molecule has 0 unspecified atom stereocenters. The van der Waals surface area contributed by atoms with Gasteiger partial charge in [0.2, 0.25) is 11.8 Å². The minimum atomic E-state index is -0.544. The van der Waals surface area contributed by atoms with Crippen LogP contribution >= 0.6 is 34.5 Å². The summed E-state index contributed by atoms with van der Waals surface area (Å²) >= 11 is 13.5. The second-order valence-corrected chi connectivity index (χ2v) is 8.41. The van der Waals surface area contributed by atoms with Crippen LogP contribution in [0.3, 0.4) is 0 Å². The van der Waals surface area contributed by atoms with E-state index in [4.69, 9.17) is 27.9 Å². The Morgan fingerprint density at radius 3 is 2.52 bits per heavy atom. The van der Waals surface area contributed by atoms with E-state index >= 15 is 0 Å². The molecule has 10 heteroatoms. The van der Waals surface area contributed by atoms with Crippen LogP contribution in [0.25, 0.3) is 10.1 Å². The number of hydrogen-bond acceptors (Lipinski definition) is 5. The molecule has 0 bridgehead atoms. The first kappa shape index (κ1) is 22.9. The van der Waals surface area contributed by atoms with E-state index in [0.717, 1.165) is 15.6 Å². The third-order valence-electron chi connectivity index (χ3n) is 4.48. The fourth-order valence-corrected chi connectivity index (χ4v) is 4.36. The molecule has 7 nitrogen and oxygen atoms in total.